The predicted molar refractivity (Wildman–Crippen MR) is 54.6 cm³/mol. The van der Waals surface area contributed by atoms with Crippen LogP contribution in [0.25, 0.3) is 11.0 Å². The molecule has 0 amide bonds. The fourth-order valence-corrected chi connectivity index (χ4v) is 1.68. The van der Waals surface area contributed by atoms with E-state index in [9.17, 15) is 4.39 Å². The average Bonchev–Trinajstić information content (AvgIpc) is 2.94. The number of rotatable bonds is 2. The Kier molecular flexibility index (Phi) is 1.68. The Balaban J connectivity index is 2.10. The zero-order valence-electron chi connectivity index (χ0n) is 8.15. The Morgan fingerprint density at radius 2 is 2.27 bits per heavy atom. The molecule has 1 aromatic carbocycles. The third kappa shape index (κ3) is 1.44. The summed E-state index contributed by atoms with van der Waals surface area (Å²) in [4.78, 5) is 0. The Morgan fingerprint density at radius 3 is 3.00 bits per heavy atom. The summed E-state index contributed by atoms with van der Waals surface area (Å²) < 4.78 is 15.0. The lowest BCUT2D eigenvalue weighted by molar-refractivity contribution is 0.557. The number of fused-ring (bicyclic) bond motifs is 1. The highest BCUT2D eigenvalue weighted by Gasteiger charge is 2.23. The third-order valence-electron chi connectivity index (χ3n) is 2.76. The molecule has 15 heavy (non-hydrogen) atoms. The van der Waals surface area contributed by atoms with Gasteiger partial charge in [0.1, 0.15) is 11.3 Å². The van der Waals surface area contributed by atoms with Gasteiger partial charge < -0.3 is 5.73 Å². The van der Waals surface area contributed by atoms with Crippen LogP contribution in [0.15, 0.2) is 12.1 Å². The standard InChI is InChI=1S/C10H11FN4/c11-7-3-10-9(4-8(7)12)13-14-15(10)5-6-1-2-6/h3-4,6H,1-2,5,12H2. The summed E-state index contributed by atoms with van der Waals surface area (Å²) in [7, 11) is 0. The minimum atomic E-state index is -0.401. The van der Waals surface area contributed by atoms with Crippen molar-refractivity contribution in [3.8, 4) is 0 Å². The maximum absolute atomic E-state index is 13.3. The van der Waals surface area contributed by atoms with Crippen molar-refractivity contribution >= 4 is 16.7 Å². The number of halogens is 1. The highest BCUT2D eigenvalue weighted by Crippen LogP contribution is 2.31. The number of hydrogen-bond acceptors (Lipinski definition) is 3. The second-order valence-electron chi connectivity index (χ2n) is 4.08. The fourth-order valence-electron chi connectivity index (χ4n) is 1.68. The molecule has 0 saturated heterocycles. The molecule has 78 valence electrons. The minimum Gasteiger partial charge on any atom is -0.396 e. The highest BCUT2D eigenvalue weighted by atomic mass is 19.1. The smallest absolute Gasteiger partial charge is 0.148 e. The van der Waals surface area contributed by atoms with Crippen molar-refractivity contribution in [3.05, 3.63) is 17.9 Å². The van der Waals surface area contributed by atoms with Crippen molar-refractivity contribution in [1.29, 1.82) is 0 Å². The van der Waals surface area contributed by atoms with Crippen molar-refractivity contribution in [2.45, 2.75) is 19.4 Å². The van der Waals surface area contributed by atoms with Gasteiger partial charge in [0, 0.05) is 12.6 Å². The van der Waals surface area contributed by atoms with Crippen molar-refractivity contribution in [1.82, 2.24) is 15.0 Å². The molecule has 1 aromatic heterocycles. The topological polar surface area (TPSA) is 56.7 Å². The fraction of sp³-hybridized carbons (Fsp3) is 0.400. The number of aromatic nitrogens is 3. The molecule has 1 fully saturated rings. The van der Waals surface area contributed by atoms with Crippen LogP contribution < -0.4 is 5.73 Å². The monoisotopic (exact) mass is 206 g/mol. The van der Waals surface area contributed by atoms with Gasteiger partial charge in [-0.15, -0.1) is 5.10 Å². The van der Waals surface area contributed by atoms with Crippen LogP contribution in [-0.2, 0) is 6.54 Å². The van der Waals surface area contributed by atoms with Crippen molar-refractivity contribution < 1.29 is 4.39 Å². The molecule has 0 unspecified atom stereocenters. The van der Waals surface area contributed by atoms with Gasteiger partial charge in [0.15, 0.2) is 0 Å². The van der Waals surface area contributed by atoms with Gasteiger partial charge in [0.25, 0.3) is 0 Å². The van der Waals surface area contributed by atoms with Gasteiger partial charge in [-0.05, 0) is 24.8 Å². The van der Waals surface area contributed by atoms with E-state index in [4.69, 9.17) is 5.73 Å². The maximum Gasteiger partial charge on any atom is 0.148 e. The number of anilines is 1. The summed E-state index contributed by atoms with van der Waals surface area (Å²) in [5.74, 6) is 0.289. The third-order valence-corrected chi connectivity index (χ3v) is 2.76. The van der Waals surface area contributed by atoms with E-state index in [1.54, 1.807) is 4.68 Å². The zero-order valence-corrected chi connectivity index (χ0v) is 8.15. The quantitative estimate of drug-likeness (QED) is 0.758. The summed E-state index contributed by atoms with van der Waals surface area (Å²) in [6.45, 7) is 0.833. The number of hydrogen-bond donors (Lipinski definition) is 1. The van der Waals surface area contributed by atoms with Crippen LogP contribution in [0.4, 0.5) is 10.1 Å². The second kappa shape index (κ2) is 2.92. The Labute approximate surface area is 85.9 Å². The predicted octanol–water partition coefficient (Wildman–Crippen LogP) is 1.56. The van der Waals surface area contributed by atoms with E-state index in [0.717, 1.165) is 12.1 Å². The number of benzene rings is 1. The van der Waals surface area contributed by atoms with E-state index in [2.05, 4.69) is 10.3 Å². The summed E-state index contributed by atoms with van der Waals surface area (Å²) in [6.07, 6.45) is 2.47. The van der Waals surface area contributed by atoms with Crippen molar-refractivity contribution in [3.63, 3.8) is 0 Å². The summed E-state index contributed by atoms with van der Waals surface area (Å²) in [5.41, 5.74) is 6.97. The first kappa shape index (κ1) is 8.64. The molecule has 0 aliphatic heterocycles. The minimum absolute atomic E-state index is 0.126. The molecule has 4 nitrogen and oxygen atoms in total. The molecule has 1 aliphatic rings. The molecule has 2 N–H and O–H groups in total. The molecule has 3 rings (SSSR count). The van der Waals surface area contributed by atoms with Crippen LogP contribution in [-0.4, -0.2) is 15.0 Å². The van der Waals surface area contributed by atoms with Gasteiger partial charge in [0.2, 0.25) is 0 Å². The van der Waals surface area contributed by atoms with Gasteiger partial charge in [-0.1, -0.05) is 5.21 Å². The van der Waals surface area contributed by atoms with Crippen LogP contribution in [0.5, 0.6) is 0 Å². The van der Waals surface area contributed by atoms with Crippen molar-refractivity contribution in [2.24, 2.45) is 5.92 Å². The van der Waals surface area contributed by atoms with E-state index in [-0.39, 0.29) is 5.69 Å². The molecule has 1 saturated carbocycles. The van der Waals surface area contributed by atoms with E-state index in [0.29, 0.717) is 11.4 Å². The number of nitrogens with two attached hydrogens (primary N) is 1. The first-order chi connectivity index (χ1) is 7.24. The van der Waals surface area contributed by atoms with Crippen LogP contribution in [0.3, 0.4) is 0 Å². The first-order valence-electron chi connectivity index (χ1n) is 5.02. The lowest BCUT2D eigenvalue weighted by Crippen LogP contribution is -2.02. The second-order valence-corrected chi connectivity index (χ2v) is 4.08. The van der Waals surface area contributed by atoms with Crippen LogP contribution in [0, 0.1) is 11.7 Å². The number of nitrogen functional groups attached to an aromatic ring is 1. The van der Waals surface area contributed by atoms with Gasteiger partial charge in [-0.25, -0.2) is 9.07 Å². The molecule has 0 atom stereocenters. The molecule has 0 spiro atoms. The largest absolute Gasteiger partial charge is 0.396 e. The molecule has 5 heteroatoms. The lowest BCUT2D eigenvalue weighted by Gasteiger charge is -2.00. The van der Waals surface area contributed by atoms with E-state index < -0.39 is 5.82 Å². The molecule has 0 bridgehead atoms. The Hall–Kier alpha value is -1.65. The SMILES string of the molecule is Nc1cc2nnn(CC3CC3)c2cc1F. The number of nitrogens with zero attached hydrogens (tertiary/aromatic N) is 3. The summed E-state index contributed by atoms with van der Waals surface area (Å²) in [5, 5.41) is 7.97. The van der Waals surface area contributed by atoms with E-state index >= 15 is 0 Å². The summed E-state index contributed by atoms with van der Waals surface area (Å²) >= 11 is 0. The van der Waals surface area contributed by atoms with Crippen LogP contribution in [0.2, 0.25) is 0 Å². The molecule has 2 aromatic rings. The molecule has 1 aliphatic carbocycles. The molecule has 0 radical (unpaired) electrons. The Morgan fingerprint density at radius 1 is 1.47 bits per heavy atom. The average molecular weight is 206 g/mol. The van der Waals surface area contributed by atoms with Crippen molar-refractivity contribution in [2.75, 3.05) is 5.73 Å². The van der Waals surface area contributed by atoms with Gasteiger partial charge in [0.05, 0.1) is 11.2 Å². The van der Waals surface area contributed by atoms with E-state index in [1.807, 2.05) is 0 Å². The van der Waals surface area contributed by atoms with E-state index in [1.165, 1.54) is 25.0 Å². The van der Waals surface area contributed by atoms with Gasteiger partial charge in [-0.3, -0.25) is 0 Å². The van der Waals surface area contributed by atoms with Gasteiger partial charge in [-0.2, -0.15) is 0 Å². The van der Waals surface area contributed by atoms with Gasteiger partial charge >= 0.3 is 0 Å². The molecular weight excluding hydrogens is 195 g/mol. The normalized spacial score (nSPS) is 16.1. The zero-order chi connectivity index (χ0) is 10.4. The maximum atomic E-state index is 13.3. The molecular formula is C10H11FN4. The Bertz CT molecular complexity index is 515. The summed E-state index contributed by atoms with van der Waals surface area (Å²) in [6, 6.07) is 2.94. The highest BCUT2D eigenvalue weighted by molar-refractivity contribution is 5.78. The lowest BCUT2D eigenvalue weighted by atomic mass is 10.2. The first-order valence-corrected chi connectivity index (χ1v) is 5.02. The van der Waals surface area contributed by atoms with Crippen LogP contribution in [0.1, 0.15) is 12.8 Å². The van der Waals surface area contributed by atoms with Crippen LogP contribution >= 0.6 is 0 Å². The molecule has 1 heterocycles.